The number of benzene rings is 1. The van der Waals surface area contributed by atoms with Crippen molar-refractivity contribution in [3.8, 4) is 0 Å². The van der Waals surface area contributed by atoms with E-state index in [2.05, 4.69) is 26.2 Å². The number of pyridine rings is 1. The molecular weight excluding hydrogens is 444 g/mol. The normalized spacial score (nSPS) is 14.9. The summed E-state index contributed by atoms with van der Waals surface area (Å²) in [6, 6.07) is 2.82. The molecule has 0 spiro atoms. The van der Waals surface area contributed by atoms with Crippen molar-refractivity contribution in [2.45, 2.75) is 38.8 Å². The fourth-order valence-corrected chi connectivity index (χ4v) is 3.80. The molecular formula is C19H19BrN4O5. The molecule has 29 heavy (non-hydrogen) atoms. The molecule has 2 heterocycles. The highest BCUT2D eigenvalue weighted by Gasteiger charge is 2.31. The van der Waals surface area contributed by atoms with Crippen molar-refractivity contribution in [1.82, 2.24) is 14.9 Å². The van der Waals surface area contributed by atoms with Crippen LogP contribution in [0, 0.1) is 6.92 Å². The maximum atomic E-state index is 13.2. The van der Waals surface area contributed by atoms with E-state index in [4.69, 9.17) is 9.52 Å². The van der Waals surface area contributed by atoms with Gasteiger partial charge in [-0.1, -0.05) is 15.9 Å². The number of hydrogen-bond donors (Lipinski definition) is 2. The fourth-order valence-electron chi connectivity index (χ4n) is 3.48. The first-order chi connectivity index (χ1) is 13.7. The van der Waals surface area contributed by atoms with E-state index in [1.54, 1.807) is 4.57 Å². The van der Waals surface area contributed by atoms with Gasteiger partial charge in [0.2, 0.25) is 0 Å². The lowest BCUT2D eigenvalue weighted by atomic mass is 10.1. The minimum Gasteiger partial charge on any atom is -0.465 e. The van der Waals surface area contributed by atoms with E-state index in [1.807, 2.05) is 19.1 Å². The highest BCUT2D eigenvalue weighted by Crippen LogP contribution is 2.40. The van der Waals surface area contributed by atoms with Gasteiger partial charge in [0.05, 0.1) is 5.52 Å². The summed E-state index contributed by atoms with van der Waals surface area (Å²) in [6.07, 6.45) is 0.540. The number of carbonyl (C=O) groups is 2. The number of halogens is 1. The second-order valence-electron chi connectivity index (χ2n) is 7.22. The quantitative estimate of drug-likeness (QED) is 0.614. The number of hydrogen-bond acceptors (Lipinski definition) is 5. The van der Waals surface area contributed by atoms with Gasteiger partial charge in [-0.25, -0.2) is 4.79 Å². The average molecular weight is 463 g/mol. The lowest BCUT2D eigenvalue weighted by Crippen LogP contribution is -2.45. The molecule has 1 saturated carbocycles. The second-order valence-corrected chi connectivity index (χ2v) is 8.07. The molecule has 152 valence electrons. The molecule has 1 aromatic carbocycles. The Kier molecular flexibility index (Phi) is 4.60. The lowest BCUT2D eigenvalue weighted by molar-refractivity contribution is -0.120. The van der Waals surface area contributed by atoms with Crippen LogP contribution in [0.3, 0.4) is 0 Å². The lowest BCUT2D eigenvalue weighted by Gasteiger charge is -2.17. The van der Waals surface area contributed by atoms with Crippen molar-refractivity contribution in [3.05, 3.63) is 32.5 Å². The molecule has 1 fully saturated rings. The summed E-state index contributed by atoms with van der Waals surface area (Å²) in [5.74, 6) is -0.551. The largest absolute Gasteiger partial charge is 0.465 e. The predicted octanol–water partition coefficient (Wildman–Crippen LogP) is 3.17. The number of oxazole rings is 1. The third-order valence-electron chi connectivity index (χ3n) is 5.13. The fraction of sp³-hybridized carbons (Fsp3) is 0.368. The number of likely N-dealkylation sites (N-methyl/N-ethyl adjacent to an activating group) is 1. The van der Waals surface area contributed by atoms with Crippen molar-refractivity contribution in [3.63, 3.8) is 0 Å². The Labute approximate surface area is 173 Å². The molecule has 4 rings (SSSR count). The molecule has 10 heteroatoms. The van der Waals surface area contributed by atoms with Crippen LogP contribution in [0.15, 0.2) is 25.8 Å². The molecule has 0 aliphatic heterocycles. The van der Waals surface area contributed by atoms with Crippen LogP contribution < -0.4 is 15.8 Å². The third-order valence-corrected chi connectivity index (χ3v) is 5.99. The second kappa shape index (κ2) is 6.87. The summed E-state index contributed by atoms with van der Waals surface area (Å²) in [7, 11) is 1.43. The summed E-state index contributed by atoms with van der Waals surface area (Å²) < 4.78 is 8.49. The number of aromatic nitrogens is 2. The summed E-state index contributed by atoms with van der Waals surface area (Å²) in [5.41, 5.74) is 1.92. The first-order valence-corrected chi connectivity index (χ1v) is 9.91. The van der Waals surface area contributed by atoms with Gasteiger partial charge in [-0.3, -0.25) is 14.5 Å². The van der Waals surface area contributed by atoms with E-state index in [0.717, 1.165) is 38.7 Å². The topological polar surface area (TPSA) is 118 Å². The Morgan fingerprint density at radius 2 is 2.10 bits per heavy atom. The van der Waals surface area contributed by atoms with Gasteiger partial charge in [-0.2, -0.15) is 4.98 Å². The molecule has 1 aliphatic carbocycles. The highest BCUT2D eigenvalue weighted by molar-refractivity contribution is 9.10. The minimum absolute atomic E-state index is 0.0587. The van der Waals surface area contributed by atoms with Gasteiger partial charge < -0.3 is 19.4 Å². The number of anilines is 1. The Hall–Kier alpha value is -2.88. The number of nitrogens with one attached hydrogen (secondary N) is 1. The van der Waals surface area contributed by atoms with Gasteiger partial charge in [0.15, 0.2) is 11.1 Å². The van der Waals surface area contributed by atoms with Crippen LogP contribution in [-0.4, -0.2) is 39.7 Å². The molecule has 2 N–H and O–H groups in total. The van der Waals surface area contributed by atoms with E-state index in [0.29, 0.717) is 5.58 Å². The molecule has 2 amide bonds. The maximum Gasteiger partial charge on any atom is 0.405 e. The SMILES string of the molecule is Cc1c(Br)ccc2c3oc(N(C)C(=O)[C@@H](C)NC(=O)O)nc3c(=O)n(C3CC3)c12. The van der Waals surface area contributed by atoms with E-state index in [-0.39, 0.29) is 23.1 Å². The van der Waals surface area contributed by atoms with Crippen molar-refractivity contribution in [2.24, 2.45) is 0 Å². The average Bonchev–Trinajstić information content (AvgIpc) is 3.40. The van der Waals surface area contributed by atoms with Gasteiger partial charge in [0.1, 0.15) is 6.04 Å². The first-order valence-electron chi connectivity index (χ1n) is 9.11. The van der Waals surface area contributed by atoms with Crippen LogP contribution in [0.4, 0.5) is 10.8 Å². The highest BCUT2D eigenvalue weighted by atomic mass is 79.9. The Bertz CT molecular complexity index is 1230. The monoisotopic (exact) mass is 462 g/mol. The molecule has 1 atom stereocenters. The standard InChI is InChI=1S/C19H19BrN4O5/c1-8-12(20)7-6-11-14(8)24(10-4-5-10)17(26)13-15(11)29-18(22-13)23(3)16(25)9(2)21-19(27)28/h6-7,9-10,21H,4-5H2,1-3H3,(H,27,28)/t9-/m1/s1. The number of carboxylic acid groups (broad SMARTS) is 1. The maximum absolute atomic E-state index is 13.2. The summed E-state index contributed by atoms with van der Waals surface area (Å²) in [6.45, 7) is 3.36. The van der Waals surface area contributed by atoms with Crippen LogP contribution in [0.2, 0.25) is 0 Å². The van der Waals surface area contributed by atoms with Gasteiger partial charge in [-0.15, -0.1) is 0 Å². The van der Waals surface area contributed by atoms with Crippen molar-refractivity contribution >= 4 is 55.9 Å². The number of aryl methyl sites for hydroxylation is 1. The van der Waals surface area contributed by atoms with Gasteiger partial charge >= 0.3 is 12.1 Å². The predicted molar refractivity (Wildman–Crippen MR) is 111 cm³/mol. The first kappa shape index (κ1) is 19.4. The molecule has 0 bridgehead atoms. The Morgan fingerprint density at radius 1 is 1.41 bits per heavy atom. The van der Waals surface area contributed by atoms with Crippen LogP contribution in [-0.2, 0) is 4.79 Å². The number of amides is 2. The van der Waals surface area contributed by atoms with Crippen molar-refractivity contribution in [2.75, 3.05) is 11.9 Å². The number of rotatable bonds is 4. The van der Waals surface area contributed by atoms with Crippen LogP contribution in [0.25, 0.3) is 22.0 Å². The zero-order chi connectivity index (χ0) is 21.0. The summed E-state index contributed by atoms with van der Waals surface area (Å²) in [5, 5.41) is 11.7. The molecule has 9 nitrogen and oxygen atoms in total. The molecule has 0 saturated heterocycles. The minimum atomic E-state index is -1.31. The number of nitrogens with zero attached hydrogens (tertiary/aromatic N) is 3. The zero-order valence-electron chi connectivity index (χ0n) is 16.0. The van der Waals surface area contributed by atoms with Gasteiger partial charge in [-0.05, 0) is 44.4 Å². The third kappa shape index (κ3) is 3.17. The van der Waals surface area contributed by atoms with Crippen molar-refractivity contribution < 1.29 is 19.1 Å². The molecule has 2 aromatic heterocycles. The van der Waals surface area contributed by atoms with E-state index < -0.39 is 18.0 Å². The van der Waals surface area contributed by atoms with E-state index >= 15 is 0 Å². The molecule has 0 radical (unpaired) electrons. The zero-order valence-corrected chi connectivity index (χ0v) is 17.6. The molecule has 0 unspecified atom stereocenters. The number of carbonyl (C=O) groups excluding carboxylic acids is 1. The van der Waals surface area contributed by atoms with E-state index in [9.17, 15) is 14.4 Å². The van der Waals surface area contributed by atoms with Crippen LogP contribution in [0.1, 0.15) is 31.4 Å². The van der Waals surface area contributed by atoms with Crippen LogP contribution in [0.5, 0.6) is 0 Å². The smallest absolute Gasteiger partial charge is 0.405 e. The van der Waals surface area contributed by atoms with Crippen molar-refractivity contribution in [1.29, 1.82) is 0 Å². The van der Waals surface area contributed by atoms with Crippen LogP contribution >= 0.6 is 15.9 Å². The Morgan fingerprint density at radius 3 is 2.72 bits per heavy atom. The van der Waals surface area contributed by atoms with Gasteiger partial charge in [0, 0.05) is 22.9 Å². The Balaban J connectivity index is 1.90. The summed E-state index contributed by atoms with van der Waals surface area (Å²) in [4.78, 5) is 41.9. The molecule has 3 aromatic rings. The van der Waals surface area contributed by atoms with E-state index in [1.165, 1.54) is 14.0 Å². The van der Waals surface area contributed by atoms with Gasteiger partial charge in [0.25, 0.3) is 11.5 Å². The molecule has 1 aliphatic rings. The summed E-state index contributed by atoms with van der Waals surface area (Å²) >= 11 is 3.52. The number of fused-ring (bicyclic) bond motifs is 3.